The van der Waals surface area contributed by atoms with Crippen LogP contribution in [0.2, 0.25) is 0 Å². The molecule has 2 saturated carbocycles. The van der Waals surface area contributed by atoms with Crippen molar-refractivity contribution >= 4 is 22.6 Å². The van der Waals surface area contributed by atoms with Gasteiger partial charge in [-0.15, -0.1) is 0 Å². The van der Waals surface area contributed by atoms with Gasteiger partial charge in [-0.1, -0.05) is 31.6 Å². The van der Waals surface area contributed by atoms with Crippen LogP contribution < -0.4 is 0 Å². The highest BCUT2D eigenvalue weighted by atomic mass is 127. The minimum Gasteiger partial charge on any atom is -0.390 e. The fourth-order valence-electron chi connectivity index (χ4n) is 6.32. The third-order valence-electron chi connectivity index (χ3n) is 7.87. The van der Waals surface area contributed by atoms with Crippen molar-refractivity contribution < 1.29 is 5.11 Å². The standard InChI is InChI=1S/C20H29IO/c1-18(22)10-11-19(2)13(12-18)4-5-14-15-6-7-17(21)20(15,3)9-8-16(14)19/h4,7,14-16,22H,5-6,8-12H2,1-3H3/t14-,15-,16-,18-,19-,20-/m0/s1. The normalized spacial score (nSPS) is 54.0. The number of halogens is 1. The Morgan fingerprint density at radius 1 is 1.00 bits per heavy atom. The van der Waals surface area contributed by atoms with Gasteiger partial charge in [-0.05, 0) is 101 Å². The maximum Gasteiger partial charge on any atom is 0.0657 e. The average Bonchev–Trinajstić information content (AvgIpc) is 2.76. The zero-order valence-electron chi connectivity index (χ0n) is 14.2. The van der Waals surface area contributed by atoms with Gasteiger partial charge in [-0.3, -0.25) is 0 Å². The summed E-state index contributed by atoms with van der Waals surface area (Å²) in [7, 11) is 0. The third kappa shape index (κ3) is 2.05. The molecule has 4 rings (SSSR count). The lowest BCUT2D eigenvalue weighted by Crippen LogP contribution is -2.51. The topological polar surface area (TPSA) is 20.2 Å². The van der Waals surface area contributed by atoms with Crippen molar-refractivity contribution in [1.29, 1.82) is 0 Å². The third-order valence-corrected chi connectivity index (χ3v) is 9.54. The van der Waals surface area contributed by atoms with Crippen LogP contribution in [0.1, 0.15) is 65.7 Å². The number of hydrogen-bond acceptors (Lipinski definition) is 1. The zero-order valence-corrected chi connectivity index (χ0v) is 16.3. The van der Waals surface area contributed by atoms with Crippen molar-refractivity contribution in [2.45, 2.75) is 71.3 Å². The van der Waals surface area contributed by atoms with Crippen molar-refractivity contribution in [3.63, 3.8) is 0 Å². The van der Waals surface area contributed by atoms with Gasteiger partial charge in [-0.25, -0.2) is 0 Å². The number of hydrogen-bond donors (Lipinski definition) is 1. The summed E-state index contributed by atoms with van der Waals surface area (Å²) in [4.78, 5) is 0. The fraction of sp³-hybridized carbons (Fsp3) is 0.800. The Labute approximate surface area is 148 Å². The van der Waals surface area contributed by atoms with Gasteiger partial charge in [0.2, 0.25) is 0 Å². The number of aliphatic hydroxyl groups is 1. The first-order valence-electron chi connectivity index (χ1n) is 9.04. The minimum absolute atomic E-state index is 0.362. The molecule has 0 unspecified atom stereocenters. The molecule has 4 aliphatic carbocycles. The quantitative estimate of drug-likeness (QED) is 0.404. The Hall–Kier alpha value is 0.170. The van der Waals surface area contributed by atoms with Crippen molar-refractivity contribution in [2.75, 3.05) is 0 Å². The summed E-state index contributed by atoms with van der Waals surface area (Å²) in [5.41, 5.74) is 1.93. The molecule has 122 valence electrons. The smallest absolute Gasteiger partial charge is 0.0657 e. The SMILES string of the molecule is C[C@]1(O)CC[C@@]2(C)C(=CC[C@@H]3[C@@H]2CC[C@]2(C)C(I)=CC[C@@H]32)C1. The van der Waals surface area contributed by atoms with Gasteiger partial charge in [0.25, 0.3) is 0 Å². The summed E-state index contributed by atoms with van der Waals surface area (Å²) >= 11 is 2.60. The predicted molar refractivity (Wildman–Crippen MR) is 99.8 cm³/mol. The molecule has 0 aliphatic heterocycles. The van der Waals surface area contributed by atoms with E-state index in [1.54, 1.807) is 9.15 Å². The highest BCUT2D eigenvalue weighted by Crippen LogP contribution is 2.66. The maximum absolute atomic E-state index is 10.5. The summed E-state index contributed by atoms with van der Waals surface area (Å²) in [5.74, 6) is 2.56. The van der Waals surface area contributed by atoms with E-state index in [0.717, 1.165) is 30.6 Å². The highest BCUT2D eigenvalue weighted by Gasteiger charge is 2.57. The fourth-order valence-corrected chi connectivity index (χ4v) is 7.24. The molecule has 6 atom stereocenters. The monoisotopic (exact) mass is 412 g/mol. The van der Waals surface area contributed by atoms with Crippen LogP contribution >= 0.6 is 22.6 Å². The molecule has 2 heteroatoms. The first-order valence-corrected chi connectivity index (χ1v) is 10.1. The van der Waals surface area contributed by atoms with E-state index < -0.39 is 5.60 Å². The van der Waals surface area contributed by atoms with E-state index >= 15 is 0 Å². The number of fused-ring (bicyclic) bond motifs is 5. The zero-order chi connectivity index (χ0) is 15.8. The van der Waals surface area contributed by atoms with Crippen LogP contribution in [-0.4, -0.2) is 10.7 Å². The van der Waals surface area contributed by atoms with Crippen LogP contribution in [0.5, 0.6) is 0 Å². The van der Waals surface area contributed by atoms with Crippen LogP contribution in [0.25, 0.3) is 0 Å². The Morgan fingerprint density at radius 3 is 2.55 bits per heavy atom. The van der Waals surface area contributed by atoms with Gasteiger partial charge in [0.15, 0.2) is 0 Å². The molecule has 0 spiro atoms. The average molecular weight is 412 g/mol. The summed E-state index contributed by atoms with van der Waals surface area (Å²) in [5, 5.41) is 10.5. The first kappa shape index (κ1) is 15.7. The Balaban J connectivity index is 1.68. The molecular weight excluding hydrogens is 383 g/mol. The molecule has 2 fully saturated rings. The van der Waals surface area contributed by atoms with E-state index in [1.807, 2.05) is 6.92 Å². The molecule has 1 N–H and O–H groups in total. The van der Waals surface area contributed by atoms with Crippen LogP contribution in [-0.2, 0) is 0 Å². The number of rotatable bonds is 0. The van der Waals surface area contributed by atoms with Gasteiger partial charge >= 0.3 is 0 Å². The van der Waals surface area contributed by atoms with Gasteiger partial charge in [0, 0.05) is 5.41 Å². The van der Waals surface area contributed by atoms with Crippen LogP contribution in [0.4, 0.5) is 0 Å². The van der Waals surface area contributed by atoms with E-state index in [4.69, 9.17) is 0 Å². The van der Waals surface area contributed by atoms with Gasteiger partial charge in [-0.2, -0.15) is 0 Å². The molecule has 0 aromatic carbocycles. The molecule has 0 heterocycles. The second-order valence-corrected chi connectivity index (χ2v) is 10.3. The predicted octanol–water partition coefficient (Wildman–Crippen LogP) is 5.63. The Bertz CT molecular complexity index is 560. The molecule has 4 aliphatic rings. The summed E-state index contributed by atoms with van der Waals surface area (Å²) in [6.45, 7) is 7.06. The summed E-state index contributed by atoms with van der Waals surface area (Å²) in [6.07, 6.45) is 13.4. The maximum atomic E-state index is 10.5. The largest absolute Gasteiger partial charge is 0.390 e. The van der Waals surface area contributed by atoms with Crippen LogP contribution in [0.15, 0.2) is 21.3 Å². The molecule has 0 saturated heterocycles. The molecule has 0 aromatic heterocycles. The molecule has 1 nitrogen and oxygen atoms in total. The lowest BCUT2D eigenvalue weighted by Gasteiger charge is -2.58. The second-order valence-electron chi connectivity index (χ2n) is 9.18. The van der Waals surface area contributed by atoms with Crippen LogP contribution in [0.3, 0.4) is 0 Å². The van der Waals surface area contributed by atoms with Crippen LogP contribution in [0, 0.1) is 28.6 Å². The molecule has 0 aromatic rings. The summed E-state index contributed by atoms with van der Waals surface area (Å²) in [6, 6.07) is 0. The van der Waals surface area contributed by atoms with Gasteiger partial charge in [0.1, 0.15) is 0 Å². The van der Waals surface area contributed by atoms with Crippen molar-refractivity contribution in [3.05, 3.63) is 21.3 Å². The lowest BCUT2D eigenvalue weighted by atomic mass is 9.47. The molecule has 0 amide bonds. The van der Waals surface area contributed by atoms with E-state index in [1.165, 1.54) is 32.1 Å². The molecule has 0 radical (unpaired) electrons. The lowest BCUT2D eigenvalue weighted by molar-refractivity contribution is -0.0504. The molecule has 22 heavy (non-hydrogen) atoms. The van der Waals surface area contributed by atoms with Crippen molar-refractivity contribution in [1.82, 2.24) is 0 Å². The highest BCUT2D eigenvalue weighted by molar-refractivity contribution is 14.1. The van der Waals surface area contributed by atoms with E-state index in [9.17, 15) is 5.11 Å². The van der Waals surface area contributed by atoms with Gasteiger partial charge in [0.05, 0.1) is 5.60 Å². The second kappa shape index (κ2) is 4.84. The Kier molecular flexibility index (Phi) is 3.45. The van der Waals surface area contributed by atoms with Gasteiger partial charge < -0.3 is 5.11 Å². The minimum atomic E-state index is -0.467. The summed E-state index contributed by atoms with van der Waals surface area (Å²) < 4.78 is 1.63. The van der Waals surface area contributed by atoms with Crippen molar-refractivity contribution in [2.24, 2.45) is 28.6 Å². The van der Waals surface area contributed by atoms with E-state index in [2.05, 4.69) is 48.6 Å². The molecule has 0 bridgehead atoms. The number of allylic oxidation sites excluding steroid dienone is 3. The molecular formula is C20H29IO. The first-order chi connectivity index (χ1) is 10.3. The van der Waals surface area contributed by atoms with E-state index in [-0.39, 0.29) is 0 Å². The Morgan fingerprint density at radius 2 is 1.77 bits per heavy atom. The van der Waals surface area contributed by atoms with E-state index in [0.29, 0.717) is 10.8 Å². The van der Waals surface area contributed by atoms with Crippen molar-refractivity contribution in [3.8, 4) is 0 Å².